The molecule has 4 rings (SSSR count). The lowest BCUT2D eigenvalue weighted by Gasteiger charge is -2.37. The molecule has 2 bridgehead atoms. The molecule has 9 heteroatoms. The Labute approximate surface area is 239 Å². The summed E-state index contributed by atoms with van der Waals surface area (Å²) in [5.74, 6) is -2.67. The van der Waals surface area contributed by atoms with Crippen LogP contribution in [-0.2, 0) is 23.9 Å². The zero-order chi connectivity index (χ0) is 28.3. The fraction of sp³-hybridized carbons (Fsp3) is 0.567. The van der Waals surface area contributed by atoms with E-state index < -0.39 is 35.6 Å². The number of unbranched alkanes of at least 4 members (excludes halogenated alkanes) is 2. The number of hydrogen-bond acceptors (Lipinski definition) is 6. The number of alkyl halides is 1. The molecule has 212 valence electrons. The molecule has 0 aromatic heterocycles. The van der Waals surface area contributed by atoms with Gasteiger partial charge < -0.3 is 24.4 Å². The summed E-state index contributed by atoms with van der Waals surface area (Å²) in [6, 6.07) is 4.89. The zero-order valence-electron chi connectivity index (χ0n) is 22.8. The number of para-hydroxylation sites is 1. The third kappa shape index (κ3) is 5.21. The maximum atomic E-state index is 14.5. The van der Waals surface area contributed by atoms with Crippen molar-refractivity contribution < 1.29 is 29.0 Å². The van der Waals surface area contributed by atoms with E-state index in [-0.39, 0.29) is 42.9 Å². The van der Waals surface area contributed by atoms with Crippen LogP contribution in [0.5, 0.6) is 0 Å². The van der Waals surface area contributed by atoms with Crippen LogP contribution in [0.1, 0.15) is 43.2 Å². The first-order valence-electron chi connectivity index (χ1n) is 13.7. The molecule has 3 saturated heterocycles. The third-order valence-corrected chi connectivity index (χ3v) is 9.03. The standard InChI is InChI=1S/C30H39BrN2O6/c1-5-7-8-9-17-38-29(37)22-23-27(35)33(15-11-16-34)26(30(23)18-21(31)25(22)39-30)28(36)32(14-6-2)24-19(3)12-10-13-20(24)4/h5-6,10,12-13,21-23,25-26,34H,1-2,7-9,11,14-18H2,3-4H3/t21?,22-,23-,25-,26?,30?/m0/s1. The molecule has 8 nitrogen and oxygen atoms in total. The maximum absolute atomic E-state index is 14.5. The molecule has 3 fully saturated rings. The van der Waals surface area contributed by atoms with Gasteiger partial charge in [-0.25, -0.2) is 0 Å². The number of fused-ring (bicyclic) bond motifs is 1. The van der Waals surface area contributed by atoms with Crippen LogP contribution >= 0.6 is 15.9 Å². The van der Waals surface area contributed by atoms with Gasteiger partial charge in [0, 0.05) is 30.2 Å². The summed E-state index contributed by atoms with van der Waals surface area (Å²) in [6.45, 7) is 12.0. The van der Waals surface area contributed by atoms with Gasteiger partial charge in [-0.3, -0.25) is 14.4 Å². The molecule has 3 unspecified atom stereocenters. The highest BCUT2D eigenvalue weighted by molar-refractivity contribution is 9.09. The first kappa shape index (κ1) is 29.5. The number of nitrogens with zero attached hydrogens (tertiary/aromatic N) is 2. The first-order valence-corrected chi connectivity index (χ1v) is 14.6. The Morgan fingerprint density at radius 1 is 1.23 bits per heavy atom. The van der Waals surface area contributed by atoms with E-state index in [1.165, 1.54) is 4.90 Å². The molecular formula is C30H39BrN2O6. The number of anilines is 1. The number of hydrogen-bond donors (Lipinski definition) is 1. The van der Waals surface area contributed by atoms with Crippen LogP contribution in [0, 0.1) is 25.7 Å². The topological polar surface area (TPSA) is 96.4 Å². The van der Waals surface area contributed by atoms with E-state index in [0.717, 1.165) is 29.7 Å². The van der Waals surface area contributed by atoms with Crippen molar-refractivity contribution in [2.24, 2.45) is 11.8 Å². The predicted molar refractivity (Wildman–Crippen MR) is 153 cm³/mol. The largest absolute Gasteiger partial charge is 0.465 e. The highest BCUT2D eigenvalue weighted by Gasteiger charge is 2.77. The fourth-order valence-corrected chi connectivity index (χ4v) is 7.56. The third-order valence-electron chi connectivity index (χ3n) is 8.19. The quantitative estimate of drug-likeness (QED) is 0.159. The van der Waals surface area contributed by atoms with Crippen molar-refractivity contribution in [3.8, 4) is 0 Å². The number of carbonyl (C=O) groups excluding carboxylic acids is 3. The molecule has 39 heavy (non-hydrogen) atoms. The zero-order valence-corrected chi connectivity index (χ0v) is 24.4. The van der Waals surface area contributed by atoms with E-state index in [0.29, 0.717) is 19.3 Å². The van der Waals surface area contributed by atoms with Gasteiger partial charge >= 0.3 is 5.97 Å². The van der Waals surface area contributed by atoms with E-state index in [4.69, 9.17) is 9.47 Å². The van der Waals surface area contributed by atoms with Gasteiger partial charge in [-0.15, -0.1) is 13.2 Å². The molecule has 0 radical (unpaired) electrons. The summed E-state index contributed by atoms with van der Waals surface area (Å²) >= 11 is 3.69. The van der Waals surface area contributed by atoms with Crippen molar-refractivity contribution in [3.63, 3.8) is 0 Å². The highest BCUT2D eigenvalue weighted by atomic mass is 79.9. The molecule has 1 N–H and O–H groups in total. The number of allylic oxidation sites excluding steroid dienone is 1. The second kappa shape index (κ2) is 12.4. The summed E-state index contributed by atoms with van der Waals surface area (Å²) in [7, 11) is 0. The molecule has 3 heterocycles. The van der Waals surface area contributed by atoms with Crippen LogP contribution in [0.15, 0.2) is 43.5 Å². The number of aliphatic hydroxyl groups excluding tert-OH is 1. The second-order valence-corrected chi connectivity index (χ2v) is 11.9. The van der Waals surface area contributed by atoms with Gasteiger partial charge in [-0.05, 0) is 57.1 Å². The van der Waals surface area contributed by atoms with Crippen molar-refractivity contribution >= 4 is 39.4 Å². The number of carbonyl (C=O) groups is 3. The van der Waals surface area contributed by atoms with Crippen LogP contribution in [0.4, 0.5) is 5.69 Å². The highest BCUT2D eigenvalue weighted by Crippen LogP contribution is 2.60. The lowest BCUT2D eigenvalue weighted by Crippen LogP contribution is -2.57. The summed E-state index contributed by atoms with van der Waals surface area (Å²) in [5.41, 5.74) is 1.46. The lowest BCUT2D eigenvalue weighted by atomic mass is 9.70. The van der Waals surface area contributed by atoms with Crippen molar-refractivity contribution in [2.75, 3.05) is 31.2 Å². The van der Waals surface area contributed by atoms with Crippen LogP contribution in [0.3, 0.4) is 0 Å². The Bertz CT molecular complexity index is 1100. The summed E-state index contributed by atoms with van der Waals surface area (Å²) in [5, 5.41) is 9.59. The average Bonchev–Trinajstić information content (AvgIpc) is 3.49. The molecule has 1 aromatic carbocycles. The monoisotopic (exact) mass is 602 g/mol. The van der Waals surface area contributed by atoms with E-state index in [1.54, 1.807) is 11.0 Å². The minimum absolute atomic E-state index is 0.129. The molecule has 0 saturated carbocycles. The van der Waals surface area contributed by atoms with Crippen LogP contribution < -0.4 is 4.90 Å². The molecule has 1 spiro atoms. The van der Waals surface area contributed by atoms with E-state index in [9.17, 15) is 19.5 Å². The van der Waals surface area contributed by atoms with Crippen molar-refractivity contribution in [1.82, 2.24) is 4.90 Å². The fourth-order valence-electron chi connectivity index (χ4n) is 6.62. The van der Waals surface area contributed by atoms with Crippen LogP contribution in [0.2, 0.25) is 0 Å². The number of benzene rings is 1. The molecule has 1 aromatic rings. The van der Waals surface area contributed by atoms with Crippen LogP contribution in [-0.4, -0.2) is 76.7 Å². The Kier molecular flexibility index (Phi) is 9.34. The molecular weight excluding hydrogens is 564 g/mol. The molecule has 0 aliphatic carbocycles. The second-order valence-electron chi connectivity index (χ2n) is 10.7. The van der Waals surface area contributed by atoms with Gasteiger partial charge in [0.1, 0.15) is 11.6 Å². The number of halogens is 1. The first-order chi connectivity index (χ1) is 18.7. The minimum atomic E-state index is -1.18. The molecule has 3 aliphatic rings. The number of esters is 1. The average molecular weight is 604 g/mol. The molecule has 6 atom stereocenters. The number of aliphatic hydroxyl groups is 1. The van der Waals surface area contributed by atoms with Gasteiger partial charge in [0.2, 0.25) is 5.91 Å². The Balaban J connectivity index is 1.71. The minimum Gasteiger partial charge on any atom is -0.465 e. The van der Waals surface area contributed by atoms with Gasteiger partial charge in [-0.1, -0.05) is 46.3 Å². The lowest BCUT2D eigenvalue weighted by molar-refractivity contribution is -0.155. The van der Waals surface area contributed by atoms with E-state index in [1.807, 2.05) is 38.1 Å². The summed E-state index contributed by atoms with van der Waals surface area (Å²) in [6.07, 6.45) is 6.05. The normalized spacial score (nSPS) is 28.9. The number of amides is 2. The summed E-state index contributed by atoms with van der Waals surface area (Å²) in [4.78, 5) is 44.9. The maximum Gasteiger partial charge on any atom is 0.312 e. The van der Waals surface area contributed by atoms with Gasteiger partial charge in [0.25, 0.3) is 5.91 Å². The Morgan fingerprint density at radius 2 is 1.95 bits per heavy atom. The van der Waals surface area contributed by atoms with E-state index >= 15 is 0 Å². The van der Waals surface area contributed by atoms with Crippen molar-refractivity contribution in [1.29, 1.82) is 0 Å². The van der Waals surface area contributed by atoms with Crippen molar-refractivity contribution in [3.05, 3.63) is 54.6 Å². The Hall–Kier alpha value is -2.49. The summed E-state index contributed by atoms with van der Waals surface area (Å²) < 4.78 is 12.2. The molecule has 3 aliphatic heterocycles. The number of likely N-dealkylation sites (tertiary alicyclic amines) is 1. The SMILES string of the molecule is C=CCCCCOC(=O)[C@H]1[C@H]2C(=O)N(CCCO)C(C(=O)N(CC=C)c3c(C)cccc3C)C23CC(Br)[C@@H]1O3. The van der Waals surface area contributed by atoms with Gasteiger partial charge in [-0.2, -0.15) is 0 Å². The van der Waals surface area contributed by atoms with Gasteiger partial charge in [0.15, 0.2) is 0 Å². The predicted octanol–water partition coefficient (Wildman–Crippen LogP) is 3.85. The van der Waals surface area contributed by atoms with Gasteiger partial charge in [0.05, 0.1) is 24.5 Å². The van der Waals surface area contributed by atoms with Crippen molar-refractivity contribution in [2.45, 2.75) is 68.5 Å². The Morgan fingerprint density at radius 3 is 2.59 bits per heavy atom. The van der Waals surface area contributed by atoms with Crippen LogP contribution in [0.25, 0.3) is 0 Å². The number of rotatable bonds is 13. The molecule has 2 amide bonds. The number of aryl methyl sites for hydroxylation is 2. The smallest absolute Gasteiger partial charge is 0.312 e. The number of ether oxygens (including phenoxy) is 2. The van der Waals surface area contributed by atoms with E-state index in [2.05, 4.69) is 29.1 Å².